The second kappa shape index (κ2) is 7.17. The van der Waals surface area contributed by atoms with Crippen LogP contribution in [0.5, 0.6) is 0 Å². The third-order valence-electron chi connectivity index (χ3n) is 2.90. The van der Waals surface area contributed by atoms with E-state index in [2.05, 4.69) is 23.9 Å². The van der Waals surface area contributed by atoms with Gasteiger partial charge in [0.2, 0.25) is 0 Å². The number of nitrogens with two attached hydrogens (primary N) is 1. The van der Waals surface area contributed by atoms with Crippen LogP contribution in [0.2, 0.25) is 0 Å². The Hall–Kier alpha value is -0.160. The van der Waals surface area contributed by atoms with E-state index in [-0.39, 0.29) is 0 Å². The van der Waals surface area contributed by atoms with Crippen LogP contribution in [0.3, 0.4) is 0 Å². The Kier molecular flexibility index (Phi) is 6.17. The topological polar surface area (TPSA) is 41.7 Å². The quantitative estimate of drug-likeness (QED) is 0.676. The van der Waals surface area contributed by atoms with Crippen LogP contribution in [-0.2, 0) is 4.74 Å². The lowest BCUT2D eigenvalue weighted by atomic mass is 10.1. The van der Waals surface area contributed by atoms with Crippen molar-refractivity contribution in [3.8, 4) is 0 Å². The summed E-state index contributed by atoms with van der Waals surface area (Å²) in [4.78, 5) is 4.76. The zero-order valence-electron chi connectivity index (χ0n) is 10.1. The molecule has 0 aromatic carbocycles. The average Bonchev–Trinajstić information content (AvgIpc) is 2.20. The minimum Gasteiger partial charge on any atom is -0.378 e. The van der Waals surface area contributed by atoms with Gasteiger partial charge in [0.15, 0.2) is 0 Å². The number of nitrogens with zero attached hydrogens (tertiary/aromatic N) is 2. The van der Waals surface area contributed by atoms with Gasteiger partial charge in [0.25, 0.3) is 0 Å². The predicted octanol–water partition coefficient (Wildman–Crippen LogP) is -0.0123. The molecule has 1 aliphatic rings. The maximum absolute atomic E-state index is 5.61. The molecule has 1 unspecified atom stereocenters. The largest absolute Gasteiger partial charge is 0.378 e. The van der Waals surface area contributed by atoms with Crippen molar-refractivity contribution in [3.05, 3.63) is 0 Å². The van der Waals surface area contributed by atoms with Gasteiger partial charge in [-0.2, -0.15) is 0 Å². The summed E-state index contributed by atoms with van der Waals surface area (Å²) in [5.74, 6) is 0. The van der Waals surface area contributed by atoms with Gasteiger partial charge in [-0.15, -0.1) is 0 Å². The smallest absolute Gasteiger partial charge is 0.0622 e. The molecular formula is C11H25N3O. The van der Waals surface area contributed by atoms with Gasteiger partial charge in [0, 0.05) is 12.6 Å². The lowest BCUT2D eigenvalue weighted by Crippen LogP contribution is -2.47. The van der Waals surface area contributed by atoms with E-state index in [1.54, 1.807) is 0 Å². The van der Waals surface area contributed by atoms with Crippen molar-refractivity contribution < 1.29 is 4.74 Å². The molecule has 4 nitrogen and oxygen atoms in total. The Morgan fingerprint density at radius 2 is 2.27 bits per heavy atom. The van der Waals surface area contributed by atoms with E-state index in [0.29, 0.717) is 6.04 Å². The Morgan fingerprint density at radius 3 is 2.93 bits per heavy atom. The predicted molar refractivity (Wildman–Crippen MR) is 63.0 cm³/mol. The first-order valence-electron chi connectivity index (χ1n) is 5.90. The molecule has 0 radical (unpaired) electrons. The lowest BCUT2D eigenvalue weighted by molar-refractivity contribution is -0.0104. The van der Waals surface area contributed by atoms with Crippen LogP contribution in [0.25, 0.3) is 0 Å². The number of hydrogen-bond donors (Lipinski definition) is 1. The van der Waals surface area contributed by atoms with E-state index in [0.717, 1.165) is 39.3 Å². The van der Waals surface area contributed by atoms with E-state index in [1.807, 2.05) is 0 Å². The SMILES string of the molecule is CN(C)CCCN1CCOCC1CCN. The van der Waals surface area contributed by atoms with Crippen LogP contribution in [0, 0.1) is 0 Å². The van der Waals surface area contributed by atoms with E-state index in [4.69, 9.17) is 10.5 Å². The van der Waals surface area contributed by atoms with Crippen LogP contribution in [0.4, 0.5) is 0 Å². The number of morpholine rings is 1. The van der Waals surface area contributed by atoms with Gasteiger partial charge >= 0.3 is 0 Å². The van der Waals surface area contributed by atoms with Crippen molar-refractivity contribution in [1.82, 2.24) is 9.80 Å². The zero-order valence-corrected chi connectivity index (χ0v) is 10.1. The fraction of sp³-hybridized carbons (Fsp3) is 1.00. The second-order valence-electron chi connectivity index (χ2n) is 4.50. The third-order valence-corrected chi connectivity index (χ3v) is 2.90. The molecule has 4 heteroatoms. The van der Waals surface area contributed by atoms with Crippen LogP contribution in [0.1, 0.15) is 12.8 Å². The summed E-state index contributed by atoms with van der Waals surface area (Å²) in [7, 11) is 4.24. The molecule has 0 aromatic heterocycles. The standard InChI is InChI=1S/C11H25N3O/c1-13(2)6-3-7-14-8-9-15-10-11(14)4-5-12/h11H,3-10,12H2,1-2H3. The van der Waals surface area contributed by atoms with E-state index in [1.165, 1.54) is 13.0 Å². The van der Waals surface area contributed by atoms with Crippen molar-refractivity contribution in [2.24, 2.45) is 5.73 Å². The molecule has 1 saturated heterocycles. The normalized spacial score (nSPS) is 23.6. The van der Waals surface area contributed by atoms with E-state index >= 15 is 0 Å². The highest BCUT2D eigenvalue weighted by atomic mass is 16.5. The summed E-state index contributed by atoms with van der Waals surface area (Å²) in [5.41, 5.74) is 5.61. The molecule has 2 N–H and O–H groups in total. The molecule has 0 spiro atoms. The van der Waals surface area contributed by atoms with Crippen LogP contribution in [-0.4, -0.2) is 69.3 Å². The van der Waals surface area contributed by atoms with Gasteiger partial charge in [-0.1, -0.05) is 0 Å². The summed E-state index contributed by atoms with van der Waals surface area (Å²) >= 11 is 0. The molecule has 90 valence electrons. The Morgan fingerprint density at radius 1 is 1.47 bits per heavy atom. The minimum absolute atomic E-state index is 0.547. The van der Waals surface area contributed by atoms with Gasteiger partial charge in [-0.3, -0.25) is 4.90 Å². The highest BCUT2D eigenvalue weighted by Crippen LogP contribution is 2.10. The fourth-order valence-electron chi connectivity index (χ4n) is 2.03. The number of rotatable bonds is 6. The zero-order chi connectivity index (χ0) is 11.1. The number of hydrogen-bond acceptors (Lipinski definition) is 4. The molecule has 15 heavy (non-hydrogen) atoms. The fourth-order valence-corrected chi connectivity index (χ4v) is 2.03. The van der Waals surface area contributed by atoms with Crippen molar-refractivity contribution in [1.29, 1.82) is 0 Å². The van der Waals surface area contributed by atoms with Crippen molar-refractivity contribution in [3.63, 3.8) is 0 Å². The van der Waals surface area contributed by atoms with E-state index in [9.17, 15) is 0 Å². The molecule has 1 rings (SSSR count). The molecule has 1 atom stereocenters. The minimum atomic E-state index is 0.547. The van der Waals surface area contributed by atoms with Crippen LogP contribution < -0.4 is 5.73 Å². The van der Waals surface area contributed by atoms with Crippen LogP contribution in [0.15, 0.2) is 0 Å². The molecular weight excluding hydrogens is 190 g/mol. The Labute approximate surface area is 93.4 Å². The monoisotopic (exact) mass is 215 g/mol. The summed E-state index contributed by atoms with van der Waals surface area (Å²) < 4.78 is 5.48. The summed E-state index contributed by atoms with van der Waals surface area (Å²) in [5, 5.41) is 0. The Balaban J connectivity index is 2.23. The number of ether oxygens (including phenoxy) is 1. The molecule has 1 aliphatic heterocycles. The molecule has 0 aromatic rings. The first-order chi connectivity index (χ1) is 7.24. The van der Waals surface area contributed by atoms with E-state index < -0.39 is 0 Å². The Bertz CT molecular complexity index is 162. The molecule has 0 saturated carbocycles. The van der Waals surface area contributed by atoms with Crippen LogP contribution >= 0.6 is 0 Å². The molecule has 1 heterocycles. The van der Waals surface area contributed by atoms with Gasteiger partial charge in [-0.05, 0) is 46.6 Å². The maximum atomic E-state index is 5.61. The highest BCUT2D eigenvalue weighted by molar-refractivity contribution is 4.75. The van der Waals surface area contributed by atoms with Gasteiger partial charge in [0.1, 0.15) is 0 Å². The summed E-state index contributed by atoms with van der Waals surface area (Å²) in [6.45, 7) is 5.90. The lowest BCUT2D eigenvalue weighted by Gasteiger charge is -2.35. The van der Waals surface area contributed by atoms with Crippen molar-refractivity contribution >= 4 is 0 Å². The highest BCUT2D eigenvalue weighted by Gasteiger charge is 2.21. The second-order valence-corrected chi connectivity index (χ2v) is 4.50. The molecule has 0 aliphatic carbocycles. The first kappa shape index (κ1) is 12.9. The van der Waals surface area contributed by atoms with Gasteiger partial charge < -0.3 is 15.4 Å². The summed E-state index contributed by atoms with van der Waals surface area (Å²) in [6, 6.07) is 0.547. The van der Waals surface area contributed by atoms with Crippen molar-refractivity contribution in [2.75, 3.05) is 53.5 Å². The first-order valence-corrected chi connectivity index (χ1v) is 5.90. The van der Waals surface area contributed by atoms with Gasteiger partial charge in [-0.25, -0.2) is 0 Å². The third kappa shape index (κ3) is 4.93. The van der Waals surface area contributed by atoms with Gasteiger partial charge in [0.05, 0.1) is 13.2 Å². The molecule has 0 amide bonds. The summed E-state index contributed by atoms with van der Waals surface area (Å²) in [6.07, 6.45) is 2.29. The maximum Gasteiger partial charge on any atom is 0.0622 e. The average molecular weight is 215 g/mol. The molecule has 1 fully saturated rings. The molecule has 0 bridgehead atoms. The van der Waals surface area contributed by atoms with Crippen molar-refractivity contribution in [2.45, 2.75) is 18.9 Å².